The van der Waals surface area contributed by atoms with Crippen molar-refractivity contribution >= 4 is 39.5 Å². The molecular weight excluding hydrogens is 446 g/mol. The highest BCUT2D eigenvalue weighted by molar-refractivity contribution is 6.11. The first-order chi connectivity index (χ1) is 17.0. The predicted molar refractivity (Wildman–Crippen MR) is 133 cm³/mol. The van der Waals surface area contributed by atoms with E-state index in [0.29, 0.717) is 24.5 Å². The standard InChI is InChI=1S/C27H25N3O5/c1-16-23(26(31)32)25(29-27(33)28-16)17-10-12-18(13-11-17)35-15-14-30-20-7-4-3-6-19(20)24-21(30)8-5-9-22(24)34-2/h3-13,23,25H,14-15H2,1-2H3,(H,29,33)(H,31,32). The van der Waals surface area contributed by atoms with Gasteiger partial charge in [-0.15, -0.1) is 0 Å². The van der Waals surface area contributed by atoms with Crippen LogP contribution in [0.5, 0.6) is 11.5 Å². The van der Waals surface area contributed by atoms with Crippen LogP contribution < -0.4 is 14.8 Å². The van der Waals surface area contributed by atoms with Gasteiger partial charge in [0.05, 0.1) is 25.2 Å². The summed E-state index contributed by atoms with van der Waals surface area (Å²) in [5.41, 5.74) is 3.15. The number of carbonyl (C=O) groups excluding carboxylic acids is 1. The number of fused-ring (bicyclic) bond motifs is 3. The summed E-state index contributed by atoms with van der Waals surface area (Å²) in [6.07, 6.45) is 0. The quantitative estimate of drug-likeness (QED) is 0.403. The number of para-hydroxylation sites is 1. The minimum atomic E-state index is -1.03. The Labute approximate surface area is 201 Å². The second-order valence-corrected chi connectivity index (χ2v) is 8.44. The molecule has 0 radical (unpaired) electrons. The molecule has 0 saturated carbocycles. The minimum Gasteiger partial charge on any atom is -0.496 e. The van der Waals surface area contributed by atoms with Crippen molar-refractivity contribution < 1.29 is 24.2 Å². The second kappa shape index (κ2) is 9.13. The lowest BCUT2D eigenvalue weighted by atomic mass is 9.88. The molecule has 8 nitrogen and oxygen atoms in total. The average Bonchev–Trinajstić information content (AvgIpc) is 3.17. The largest absolute Gasteiger partial charge is 0.496 e. The molecule has 1 aromatic heterocycles. The summed E-state index contributed by atoms with van der Waals surface area (Å²) in [6, 6.07) is 20.2. The van der Waals surface area contributed by atoms with Gasteiger partial charge in [-0.25, -0.2) is 9.79 Å². The van der Waals surface area contributed by atoms with E-state index in [0.717, 1.165) is 27.6 Å². The summed E-state index contributed by atoms with van der Waals surface area (Å²) in [5, 5.41) is 14.5. The van der Waals surface area contributed by atoms with Crippen molar-refractivity contribution in [2.24, 2.45) is 10.9 Å². The van der Waals surface area contributed by atoms with Gasteiger partial charge in [0.1, 0.15) is 24.0 Å². The maximum atomic E-state index is 11.8. The summed E-state index contributed by atoms with van der Waals surface area (Å²) in [7, 11) is 1.68. The average molecular weight is 472 g/mol. The van der Waals surface area contributed by atoms with Crippen molar-refractivity contribution in [3.8, 4) is 11.5 Å². The van der Waals surface area contributed by atoms with E-state index >= 15 is 0 Å². The molecule has 0 aliphatic carbocycles. The minimum absolute atomic E-state index is 0.286. The molecule has 35 heavy (non-hydrogen) atoms. The number of nitrogens with one attached hydrogen (secondary N) is 1. The van der Waals surface area contributed by atoms with Crippen LogP contribution in [0.3, 0.4) is 0 Å². The van der Waals surface area contributed by atoms with E-state index in [1.54, 1.807) is 38.3 Å². The number of hydrogen-bond acceptors (Lipinski definition) is 4. The normalized spacial score (nSPS) is 17.8. The highest BCUT2D eigenvalue weighted by Gasteiger charge is 2.36. The van der Waals surface area contributed by atoms with Gasteiger partial charge in [-0.05, 0) is 42.8 Å². The van der Waals surface area contributed by atoms with Crippen molar-refractivity contribution in [2.75, 3.05) is 13.7 Å². The summed E-state index contributed by atoms with van der Waals surface area (Å²) < 4.78 is 13.8. The van der Waals surface area contributed by atoms with Gasteiger partial charge in [-0.1, -0.05) is 36.4 Å². The number of benzene rings is 3. The highest BCUT2D eigenvalue weighted by Crippen LogP contribution is 2.35. The molecule has 8 heteroatoms. The van der Waals surface area contributed by atoms with Gasteiger partial charge in [0, 0.05) is 22.0 Å². The molecule has 2 heterocycles. The number of hydrogen-bond donors (Lipinski definition) is 2. The van der Waals surface area contributed by atoms with E-state index < -0.39 is 24.0 Å². The molecule has 5 rings (SSSR count). The predicted octanol–water partition coefficient (Wildman–Crippen LogP) is 4.81. The Hall–Kier alpha value is -4.33. The first kappa shape index (κ1) is 22.5. The van der Waals surface area contributed by atoms with Crippen LogP contribution in [0, 0.1) is 5.92 Å². The van der Waals surface area contributed by atoms with Crippen LogP contribution in [-0.4, -0.2) is 41.1 Å². The topological polar surface area (TPSA) is 102 Å². The number of nitrogens with zero attached hydrogens (tertiary/aromatic N) is 2. The molecule has 2 unspecified atom stereocenters. The molecule has 2 amide bonds. The maximum absolute atomic E-state index is 11.8. The van der Waals surface area contributed by atoms with Crippen LogP contribution in [-0.2, 0) is 11.3 Å². The van der Waals surface area contributed by atoms with Crippen LogP contribution in [0.2, 0.25) is 0 Å². The summed E-state index contributed by atoms with van der Waals surface area (Å²) in [5.74, 6) is -0.443. The molecule has 0 fully saturated rings. The molecule has 1 aliphatic rings. The van der Waals surface area contributed by atoms with E-state index in [9.17, 15) is 14.7 Å². The van der Waals surface area contributed by atoms with Gasteiger partial charge >= 0.3 is 12.0 Å². The fourth-order valence-electron chi connectivity index (χ4n) is 4.82. The first-order valence-corrected chi connectivity index (χ1v) is 11.3. The van der Waals surface area contributed by atoms with Crippen molar-refractivity contribution in [1.29, 1.82) is 0 Å². The number of carboxylic acid groups (broad SMARTS) is 1. The van der Waals surface area contributed by atoms with Crippen LogP contribution in [0.15, 0.2) is 71.7 Å². The van der Waals surface area contributed by atoms with Gasteiger partial charge in [0.15, 0.2) is 0 Å². The molecule has 0 bridgehead atoms. The molecular formula is C27H25N3O5. The number of methoxy groups -OCH3 is 1. The van der Waals surface area contributed by atoms with Gasteiger partial charge in [0.2, 0.25) is 0 Å². The lowest BCUT2D eigenvalue weighted by Gasteiger charge is -2.28. The van der Waals surface area contributed by atoms with Crippen LogP contribution in [0.25, 0.3) is 21.8 Å². The Morgan fingerprint density at radius 3 is 2.54 bits per heavy atom. The number of aromatic nitrogens is 1. The second-order valence-electron chi connectivity index (χ2n) is 8.44. The first-order valence-electron chi connectivity index (χ1n) is 11.3. The zero-order valence-electron chi connectivity index (χ0n) is 19.4. The van der Waals surface area contributed by atoms with Gasteiger partial charge in [-0.2, -0.15) is 0 Å². The number of ether oxygens (including phenoxy) is 2. The number of aliphatic carboxylic acids is 1. The number of amides is 2. The molecule has 2 atom stereocenters. The van der Waals surface area contributed by atoms with Crippen molar-refractivity contribution in [1.82, 2.24) is 9.88 Å². The third-order valence-electron chi connectivity index (χ3n) is 6.41. The Bertz CT molecular complexity index is 1460. The number of urea groups is 1. The fourth-order valence-corrected chi connectivity index (χ4v) is 4.82. The molecule has 3 aromatic carbocycles. The smallest absolute Gasteiger partial charge is 0.341 e. The third-order valence-corrected chi connectivity index (χ3v) is 6.41. The molecule has 2 N–H and O–H groups in total. The van der Waals surface area contributed by atoms with E-state index in [-0.39, 0.29) is 5.71 Å². The lowest BCUT2D eigenvalue weighted by molar-refractivity contribution is -0.140. The van der Waals surface area contributed by atoms with Gasteiger partial charge in [0.25, 0.3) is 0 Å². The van der Waals surface area contributed by atoms with Crippen molar-refractivity contribution in [3.63, 3.8) is 0 Å². The summed E-state index contributed by atoms with van der Waals surface area (Å²) >= 11 is 0. The van der Waals surface area contributed by atoms with Crippen LogP contribution in [0.1, 0.15) is 18.5 Å². The van der Waals surface area contributed by atoms with Crippen LogP contribution >= 0.6 is 0 Å². The Kier molecular flexibility index (Phi) is 5.86. The van der Waals surface area contributed by atoms with E-state index in [1.807, 2.05) is 24.3 Å². The zero-order chi connectivity index (χ0) is 24.5. The van der Waals surface area contributed by atoms with Gasteiger partial charge in [-0.3, -0.25) is 4.79 Å². The fraction of sp³-hybridized carbons (Fsp3) is 0.222. The Morgan fingerprint density at radius 1 is 1.06 bits per heavy atom. The number of aliphatic imine (C=N–C) groups is 1. The Morgan fingerprint density at radius 2 is 1.80 bits per heavy atom. The number of carbonyl (C=O) groups is 2. The van der Waals surface area contributed by atoms with E-state index in [1.165, 1.54) is 0 Å². The maximum Gasteiger partial charge on any atom is 0.341 e. The molecule has 0 saturated heterocycles. The van der Waals surface area contributed by atoms with E-state index in [2.05, 4.69) is 33.1 Å². The molecule has 1 aliphatic heterocycles. The van der Waals surface area contributed by atoms with Crippen molar-refractivity contribution in [3.05, 3.63) is 72.3 Å². The molecule has 178 valence electrons. The molecule has 0 spiro atoms. The summed E-state index contributed by atoms with van der Waals surface area (Å²) in [6.45, 7) is 2.63. The highest BCUT2D eigenvalue weighted by atomic mass is 16.5. The SMILES string of the molecule is COc1cccc2c1c1ccccc1n2CCOc1ccc(C2NC(=O)N=C(C)C2C(=O)O)cc1. The number of rotatable bonds is 7. The number of carboxylic acids is 1. The Balaban J connectivity index is 1.34. The lowest BCUT2D eigenvalue weighted by Crippen LogP contribution is -2.43. The van der Waals surface area contributed by atoms with Crippen molar-refractivity contribution in [2.45, 2.75) is 19.5 Å². The zero-order valence-corrected chi connectivity index (χ0v) is 19.4. The summed E-state index contributed by atoms with van der Waals surface area (Å²) in [4.78, 5) is 27.3. The van der Waals surface area contributed by atoms with Gasteiger partial charge < -0.3 is 24.5 Å². The third kappa shape index (κ3) is 4.07. The monoisotopic (exact) mass is 471 g/mol. The molecule has 4 aromatic rings. The van der Waals surface area contributed by atoms with Crippen LogP contribution in [0.4, 0.5) is 4.79 Å². The van der Waals surface area contributed by atoms with E-state index in [4.69, 9.17) is 9.47 Å².